The Hall–Kier alpha value is -2.23. The van der Waals surface area contributed by atoms with Crippen molar-refractivity contribution in [1.29, 1.82) is 0 Å². The van der Waals surface area contributed by atoms with Crippen LogP contribution in [0.2, 0.25) is 0 Å². The molecule has 0 atom stereocenters. The Balaban J connectivity index is 2.15. The van der Waals surface area contributed by atoms with E-state index < -0.39 is 0 Å². The molecule has 1 aromatic rings. The number of carbonyl (C=O) groups is 1. The quantitative estimate of drug-likeness (QED) is 0.478. The Kier molecular flexibility index (Phi) is 3.45. The number of hydrogen-bond acceptors (Lipinski definition) is 4. The summed E-state index contributed by atoms with van der Waals surface area (Å²) >= 11 is 0. The molecule has 2 rings (SSSR count). The van der Waals surface area contributed by atoms with Crippen LogP contribution in [0.1, 0.15) is 12.8 Å². The minimum Gasteiger partial charge on any atom is -0.515 e. The number of ketones is 1. The summed E-state index contributed by atoms with van der Waals surface area (Å²) in [5, 5.41) is 17.0. The lowest BCUT2D eigenvalue weighted by Crippen LogP contribution is -2.06. The van der Waals surface area contributed by atoms with Gasteiger partial charge in [-0.1, -0.05) is 18.2 Å². The molecular formula is C13H12N2O2. The van der Waals surface area contributed by atoms with Crippen LogP contribution in [-0.2, 0) is 4.79 Å². The number of allylic oxidation sites excluding steroid dienone is 3. The number of nitrogens with zero attached hydrogens (tertiary/aromatic N) is 2. The lowest BCUT2D eigenvalue weighted by molar-refractivity contribution is -0.115. The van der Waals surface area contributed by atoms with Crippen molar-refractivity contribution >= 4 is 11.5 Å². The molecule has 0 radical (unpaired) electrons. The Morgan fingerprint density at radius 2 is 1.88 bits per heavy atom. The number of Topliss-reactive ketones (excluding diaryl/α,β-unsaturated/α-hetero) is 1. The van der Waals surface area contributed by atoms with Gasteiger partial charge in [0.2, 0.25) is 0 Å². The van der Waals surface area contributed by atoms with Crippen LogP contribution in [0, 0.1) is 0 Å². The zero-order chi connectivity index (χ0) is 12.1. The first kappa shape index (κ1) is 11.3. The molecule has 0 aromatic heterocycles. The first-order chi connectivity index (χ1) is 8.29. The molecule has 86 valence electrons. The molecule has 0 fully saturated rings. The predicted molar refractivity (Wildman–Crippen MR) is 64.0 cm³/mol. The summed E-state index contributed by atoms with van der Waals surface area (Å²) < 4.78 is 0. The Labute approximate surface area is 99.0 Å². The fraction of sp³-hybridized carbons (Fsp3) is 0.154. The van der Waals surface area contributed by atoms with Crippen molar-refractivity contribution in [2.75, 3.05) is 0 Å². The van der Waals surface area contributed by atoms with Gasteiger partial charge in [-0.15, -0.1) is 0 Å². The van der Waals surface area contributed by atoms with Gasteiger partial charge in [0.15, 0.2) is 5.78 Å². The first-order valence-corrected chi connectivity index (χ1v) is 5.34. The molecule has 0 saturated carbocycles. The maximum absolute atomic E-state index is 11.3. The van der Waals surface area contributed by atoms with Gasteiger partial charge in [0.1, 0.15) is 0 Å². The number of carbonyl (C=O) groups excluding carboxylic acids is 1. The Morgan fingerprint density at radius 1 is 1.12 bits per heavy atom. The van der Waals surface area contributed by atoms with E-state index in [0.717, 1.165) is 11.9 Å². The molecule has 1 N–H and O–H groups in total. The molecule has 17 heavy (non-hydrogen) atoms. The summed E-state index contributed by atoms with van der Waals surface area (Å²) in [6.45, 7) is 0. The lowest BCUT2D eigenvalue weighted by atomic mass is 9.99. The highest BCUT2D eigenvalue weighted by Crippen LogP contribution is 2.22. The molecule has 0 aliphatic heterocycles. The Bertz CT molecular complexity index is 501. The summed E-state index contributed by atoms with van der Waals surface area (Å²) in [5.41, 5.74) is 1.76. The minimum absolute atomic E-state index is 0.0637. The second-order valence-corrected chi connectivity index (χ2v) is 3.68. The SMILES string of the molecule is O=C1CCC(N=Nc2ccccc2)=C/C1=C/O. The van der Waals surface area contributed by atoms with Gasteiger partial charge in [-0.3, -0.25) is 4.79 Å². The van der Waals surface area contributed by atoms with Crippen LogP contribution in [0.25, 0.3) is 0 Å². The van der Waals surface area contributed by atoms with Gasteiger partial charge < -0.3 is 5.11 Å². The molecule has 1 aliphatic carbocycles. The van der Waals surface area contributed by atoms with Crippen molar-refractivity contribution in [3.63, 3.8) is 0 Å². The highest BCUT2D eigenvalue weighted by molar-refractivity contribution is 5.99. The van der Waals surface area contributed by atoms with Crippen LogP contribution in [0.3, 0.4) is 0 Å². The summed E-state index contributed by atoms with van der Waals surface area (Å²) in [5.74, 6) is -0.0637. The van der Waals surface area contributed by atoms with E-state index in [1.165, 1.54) is 0 Å². The summed E-state index contributed by atoms with van der Waals surface area (Å²) in [4.78, 5) is 11.3. The summed E-state index contributed by atoms with van der Waals surface area (Å²) in [6.07, 6.45) is 3.32. The monoisotopic (exact) mass is 228 g/mol. The topological polar surface area (TPSA) is 62.0 Å². The van der Waals surface area contributed by atoms with Crippen molar-refractivity contribution in [3.8, 4) is 0 Å². The average Bonchev–Trinajstić information content (AvgIpc) is 2.39. The van der Waals surface area contributed by atoms with Crippen LogP contribution < -0.4 is 0 Å². The molecule has 1 aromatic carbocycles. The van der Waals surface area contributed by atoms with Gasteiger partial charge in [0.05, 0.1) is 23.2 Å². The third-order valence-electron chi connectivity index (χ3n) is 2.44. The second-order valence-electron chi connectivity index (χ2n) is 3.68. The zero-order valence-electron chi connectivity index (χ0n) is 9.21. The van der Waals surface area contributed by atoms with Gasteiger partial charge in [-0.2, -0.15) is 10.2 Å². The van der Waals surface area contributed by atoms with E-state index in [0.29, 0.717) is 24.1 Å². The fourth-order valence-corrected chi connectivity index (χ4v) is 1.52. The minimum atomic E-state index is -0.0637. The number of hydrogen-bond donors (Lipinski definition) is 1. The first-order valence-electron chi connectivity index (χ1n) is 5.34. The van der Waals surface area contributed by atoms with Crippen LogP contribution in [0.5, 0.6) is 0 Å². The molecule has 1 aliphatic rings. The zero-order valence-corrected chi connectivity index (χ0v) is 9.21. The van der Waals surface area contributed by atoms with E-state index in [1.807, 2.05) is 30.3 Å². The molecule has 0 heterocycles. The van der Waals surface area contributed by atoms with Gasteiger partial charge in [-0.05, 0) is 24.6 Å². The lowest BCUT2D eigenvalue weighted by Gasteiger charge is -2.08. The van der Waals surface area contributed by atoms with E-state index in [4.69, 9.17) is 5.11 Å². The van der Waals surface area contributed by atoms with Crippen molar-refractivity contribution in [3.05, 3.63) is 53.9 Å². The summed E-state index contributed by atoms with van der Waals surface area (Å²) in [7, 11) is 0. The second kappa shape index (κ2) is 5.21. The van der Waals surface area contributed by atoms with Crippen molar-refractivity contribution < 1.29 is 9.90 Å². The van der Waals surface area contributed by atoms with Crippen LogP contribution >= 0.6 is 0 Å². The number of azo groups is 1. The largest absolute Gasteiger partial charge is 0.515 e. The van der Waals surface area contributed by atoms with E-state index in [1.54, 1.807) is 6.08 Å². The van der Waals surface area contributed by atoms with Crippen LogP contribution in [0.4, 0.5) is 5.69 Å². The number of benzene rings is 1. The van der Waals surface area contributed by atoms with Gasteiger partial charge in [-0.25, -0.2) is 0 Å². The van der Waals surface area contributed by atoms with Crippen LogP contribution in [-0.4, -0.2) is 10.9 Å². The molecule has 4 nitrogen and oxygen atoms in total. The van der Waals surface area contributed by atoms with E-state index in [-0.39, 0.29) is 5.78 Å². The molecule has 4 heteroatoms. The fourth-order valence-electron chi connectivity index (χ4n) is 1.52. The molecular weight excluding hydrogens is 216 g/mol. The molecule has 0 bridgehead atoms. The third-order valence-corrected chi connectivity index (χ3v) is 2.44. The molecule has 0 saturated heterocycles. The molecule has 0 unspecified atom stereocenters. The van der Waals surface area contributed by atoms with Crippen LogP contribution in [0.15, 0.2) is 64.2 Å². The van der Waals surface area contributed by atoms with Gasteiger partial charge in [0.25, 0.3) is 0 Å². The average molecular weight is 228 g/mol. The highest BCUT2D eigenvalue weighted by atomic mass is 16.2. The molecule has 0 spiro atoms. The predicted octanol–water partition coefficient (Wildman–Crippen LogP) is 3.46. The maximum Gasteiger partial charge on any atom is 0.166 e. The van der Waals surface area contributed by atoms with Crippen molar-refractivity contribution in [2.45, 2.75) is 12.8 Å². The smallest absolute Gasteiger partial charge is 0.166 e. The van der Waals surface area contributed by atoms with Crippen molar-refractivity contribution in [2.24, 2.45) is 10.2 Å². The maximum atomic E-state index is 11.3. The molecule has 0 amide bonds. The van der Waals surface area contributed by atoms with Gasteiger partial charge >= 0.3 is 0 Å². The number of aliphatic hydroxyl groups excluding tert-OH is 1. The normalized spacial score (nSPS) is 18.7. The van der Waals surface area contributed by atoms with Gasteiger partial charge in [0, 0.05) is 6.42 Å². The van der Waals surface area contributed by atoms with Crippen molar-refractivity contribution in [1.82, 2.24) is 0 Å². The number of rotatable bonds is 2. The third kappa shape index (κ3) is 2.87. The standard InChI is InChI=1S/C13H12N2O2/c16-9-10-8-12(6-7-13(10)17)15-14-11-4-2-1-3-5-11/h1-5,8-9,16H,6-7H2/b10-9-,15-14?. The summed E-state index contributed by atoms with van der Waals surface area (Å²) in [6, 6.07) is 9.37. The highest BCUT2D eigenvalue weighted by Gasteiger charge is 2.15. The van der Waals surface area contributed by atoms with E-state index in [9.17, 15) is 4.79 Å². The Morgan fingerprint density at radius 3 is 2.59 bits per heavy atom. The van der Waals surface area contributed by atoms with E-state index in [2.05, 4.69) is 10.2 Å². The number of aliphatic hydroxyl groups is 1. The van der Waals surface area contributed by atoms with E-state index >= 15 is 0 Å².